The Morgan fingerprint density at radius 2 is 1.83 bits per heavy atom. The molecule has 0 unspecified atom stereocenters. The number of nitriles is 1. The lowest BCUT2D eigenvalue weighted by molar-refractivity contribution is 0.289. The van der Waals surface area contributed by atoms with Gasteiger partial charge in [-0.25, -0.2) is 0 Å². The van der Waals surface area contributed by atoms with Gasteiger partial charge < -0.3 is 14.5 Å². The SMILES string of the molecule is COC(C)=CC=C(C)N(C)CCN(C)CCC#N. The molecular weight excluding hydrogens is 226 g/mol. The number of methoxy groups -OCH3 is 1. The third-order valence-corrected chi connectivity index (χ3v) is 2.91. The minimum atomic E-state index is 0.588. The van der Waals surface area contributed by atoms with Gasteiger partial charge in [0.25, 0.3) is 0 Å². The molecule has 0 aliphatic rings. The molecule has 0 amide bonds. The van der Waals surface area contributed by atoms with Crippen LogP contribution in [-0.2, 0) is 4.74 Å². The molecule has 4 nitrogen and oxygen atoms in total. The summed E-state index contributed by atoms with van der Waals surface area (Å²) in [6, 6.07) is 2.16. The highest BCUT2D eigenvalue weighted by Crippen LogP contribution is 2.02. The fraction of sp³-hybridized carbons (Fsp3) is 0.643. The molecule has 0 N–H and O–H groups in total. The predicted octanol–water partition coefficient (Wildman–Crippen LogP) is 2.22. The fourth-order valence-corrected chi connectivity index (χ4v) is 1.28. The maximum absolute atomic E-state index is 8.51. The number of allylic oxidation sites excluding steroid dienone is 4. The van der Waals surface area contributed by atoms with Crippen LogP contribution in [0.2, 0.25) is 0 Å². The molecule has 102 valence electrons. The monoisotopic (exact) mass is 251 g/mol. The van der Waals surface area contributed by atoms with Gasteiger partial charge in [-0.1, -0.05) is 0 Å². The highest BCUT2D eigenvalue weighted by molar-refractivity contribution is 5.11. The molecule has 0 aromatic carbocycles. The first-order chi connectivity index (χ1) is 8.51. The van der Waals surface area contributed by atoms with Crippen molar-refractivity contribution in [3.05, 3.63) is 23.6 Å². The van der Waals surface area contributed by atoms with Gasteiger partial charge in [0.2, 0.25) is 0 Å². The molecule has 0 aromatic heterocycles. The van der Waals surface area contributed by atoms with Crippen molar-refractivity contribution in [1.82, 2.24) is 9.80 Å². The number of nitrogens with zero attached hydrogens (tertiary/aromatic N) is 3. The summed E-state index contributed by atoms with van der Waals surface area (Å²) in [5, 5.41) is 8.51. The summed E-state index contributed by atoms with van der Waals surface area (Å²) in [7, 11) is 5.78. The van der Waals surface area contributed by atoms with E-state index in [1.807, 2.05) is 26.1 Å². The van der Waals surface area contributed by atoms with Crippen molar-refractivity contribution in [2.45, 2.75) is 20.3 Å². The van der Waals surface area contributed by atoms with Crippen molar-refractivity contribution in [1.29, 1.82) is 5.26 Å². The van der Waals surface area contributed by atoms with E-state index in [2.05, 4.69) is 29.8 Å². The fourth-order valence-electron chi connectivity index (χ4n) is 1.28. The number of rotatable bonds is 8. The van der Waals surface area contributed by atoms with Crippen LogP contribution in [0.15, 0.2) is 23.6 Å². The zero-order valence-electron chi connectivity index (χ0n) is 12.2. The summed E-state index contributed by atoms with van der Waals surface area (Å²) in [5.41, 5.74) is 1.19. The van der Waals surface area contributed by atoms with Crippen LogP contribution in [0.5, 0.6) is 0 Å². The van der Waals surface area contributed by atoms with E-state index < -0.39 is 0 Å². The van der Waals surface area contributed by atoms with E-state index in [9.17, 15) is 0 Å². The molecule has 0 aliphatic heterocycles. The first kappa shape index (κ1) is 16.5. The normalized spacial score (nSPS) is 12.5. The van der Waals surface area contributed by atoms with E-state index in [4.69, 9.17) is 10.00 Å². The Bertz CT molecular complexity index is 328. The van der Waals surface area contributed by atoms with Gasteiger partial charge in [-0.2, -0.15) is 5.26 Å². The van der Waals surface area contributed by atoms with E-state index in [-0.39, 0.29) is 0 Å². The standard InChI is InChI=1S/C14H25N3O/c1-13(7-8-14(2)18-5)17(4)12-11-16(3)10-6-9-15/h7-8H,6,10-12H2,1-5H3. The summed E-state index contributed by atoms with van der Waals surface area (Å²) in [5.74, 6) is 0.897. The molecule has 0 heterocycles. The topological polar surface area (TPSA) is 39.5 Å². The van der Waals surface area contributed by atoms with Crippen molar-refractivity contribution in [2.75, 3.05) is 40.8 Å². The van der Waals surface area contributed by atoms with Crippen LogP contribution in [0.4, 0.5) is 0 Å². The van der Waals surface area contributed by atoms with Crippen LogP contribution in [0.25, 0.3) is 0 Å². The van der Waals surface area contributed by atoms with Gasteiger partial charge in [0.1, 0.15) is 0 Å². The Balaban J connectivity index is 4.09. The lowest BCUT2D eigenvalue weighted by Crippen LogP contribution is -2.30. The third kappa shape index (κ3) is 7.75. The maximum atomic E-state index is 8.51. The molecule has 0 rings (SSSR count). The molecule has 0 aromatic rings. The van der Waals surface area contributed by atoms with Gasteiger partial charge in [0, 0.05) is 38.8 Å². The summed E-state index contributed by atoms with van der Waals surface area (Å²) in [6.45, 7) is 6.74. The van der Waals surface area contributed by atoms with E-state index in [0.29, 0.717) is 6.42 Å². The van der Waals surface area contributed by atoms with E-state index in [1.165, 1.54) is 5.70 Å². The van der Waals surface area contributed by atoms with Gasteiger partial charge >= 0.3 is 0 Å². The van der Waals surface area contributed by atoms with Crippen LogP contribution in [0.1, 0.15) is 20.3 Å². The lowest BCUT2D eigenvalue weighted by Gasteiger charge is -2.23. The molecule has 0 bridgehead atoms. The van der Waals surface area contributed by atoms with Crippen molar-refractivity contribution >= 4 is 0 Å². The van der Waals surface area contributed by atoms with Crippen LogP contribution < -0.4 is 0 Å². The van der Waals surface area contributed by atoms with Crippen molar-refractivity contribution in [2.24, 2.45) is 0 Å². The van der Waals surface area contributed by atoms with E-state index in [1.54, 1.807) is 7.11 Å². The molecule has 0 atom stereocenters. The largest absolute Gasteiger partial charge is 0.501 e. The molecule has 18 heavy (non-hydrogen) atoms. The molecular formula is C14H25N3O. The average Bonchev–Trinajstić information content (AvgIpc) is 2.38. The second-order valence-electron chi connectivity index (χ2n) is 4.42. The zero-order valence-corrected chi connectivity index (χ0v) is 12.2. The summed E-state index contributed by atoms with van der Waals surface area (Å²) >= 11 is 0. The minimum absolute atomic E-state index is 0.588. The average molecular weight is 251 g/mol. The number of likely N-dealkylation sites (N-methyl/N-ethyl adjacent to an activating group) is 2. The van der Waals surface area contributed by atoms with E-state index in [0.717, 1.165) is 25.4 Å². The number of ether oxygens (including phenoxy) is 1. The van der Waals surface area contributed by atoms with Gasteiger partial charge in [0.15, 0.2) is 0 Å². The molecule has 0 saturated heterocycles. The smallest absolute Gasteiger partial charge is 0.0925 e. The number of hydrogen-bond acceptors (Lipinski definition) is 4. The van der Waals surface area contributed by atoms with E-state index >= 15 is 0 Å². The van der Waals surface area contributed by atoms with Gasteiger partial charge in [-0.05, 0) is 33.0 Å². The van der Waals surface area contributed by atoms with Crippen molar-refractivity contribution in [3.8, 4) is 6.07 Å². The molecule has 0 radical (unpaired) electrons. The quantitative estimate of drug-likeness (QED) is 0.490. The summed E-state index contributed by atoms with van der Waals surface area (Å²) < 4.78 is 5.08. The minimum Gasteiger partial charge on any atom is -0.501 e. The second-order valence-corrected chi connectivity index (χ2v) is 4.42. The van der Waals surface area contributed by atoms with Crippen LogP contribution in [-0.4, -0.2) is 50.6 Å². The van der Waals surface area contributed by atoms with Gasteiger partial charge in [0.05, 0.1) is 18.9 Å². The molecule has 0 fully saturated rings. The third-order valence-electron chi connectivity index (χ3n) is 2.91. The maximum Gasteiger partial charge on any atom is 0.0925 e. The molecule has 4 heteroatoms. The Hall–Kier alpha value is -1.47. The van der Waals surface area contributed by atoms with Gasteiger partial charge in [-0.3, -0.25) is 0 Å². The summed E-state index contributed by atoms with van der Waals surface area (Å²) in [4.78, 5) is 4.37. The first-order valence-corrected chi connectivity index (χ1v) is 6.17. The Morgan fingerprint density at radius 1 is 1.17 bits per heavy atom. The van der Waals surface area contributed by atoms with Crippen molar-refractivity contribution in [3.63, 3.8) is 0 Å². The highest BCUT2D eigenvalue weighted by Gasteiger charge is 2.02. The van der Waals surface area contributed by atoms with Crippen LogP contribution in [0.3, 0.4) is 0 Å². The Kier molecular flexibility index (Phi) is 8.77. The Labute approximate surface area is 111 Å². The van der Waals surface area contributed by atoms with Crippen LogP contribution >= 0.6 is 0 Å². The predicted molar refractivity (Wildman–Crippen MR) is 74.9 cm³/mol. The van der Waals surface area contributed by atoms with Gasteiger partial charge in [-0.15, -0.1) is 0 Å². The zero-order chi connectivity index (χ0) is 14.0. The Morgan fingerprint density at radius 3 is 2.39 bits per heavy atom. The lowest BCUT2D eigenvalue weighted by atomic mass is 10.3. The molecule has 0 saturated carbocycles. The van der Waals surface area contributed by atoms with Crippen LogP contribution in [0, 0.1) is 11.3 Å². The second kappa shape index (κ2) is 9.55. The van der Waals surface area contributed by atoms with Crippen molar-refractivity contribution < 1.29 is 4.74 Å². The first-order valence-electron chi connectivity index (χ1n) is 6.17. The number of hydrogen-bond donors (Lipinski definition) is 0. The molecule has 0 aliphatic carbocycles. The highest BCUT2D eigenvalue weighted by atomic mass is 16.5. The molecule has 0 spiro atoms. The summed E-state index contributed by atoms with van der Waals surface area (Å²) in [6.07, 6.45) is 4.60.